The molecular weight excluding hydrogens is 182 g/mol. The highest BCUT2D eigenvalue weighted by Crippen LogP contribution is 1.77. The third kappa shape index (κ3) is 32.8. The Kier molecular flexibility index (Phi) is 21.7. The molecular formula is C10H13NO3. The number of hydrogen-bond donors (Lipinski definition) is 0. The van der Waals surface area contributed by atoms with Gasteiger partial charge in [0.2, 0.25) is 0 Å². The topological polar surface area (TPSA) is 67.2 Å². The highest BCUT2D eigenvalue weighted by atomic mass is 16.6. The van der Waals surface area contributed by atoms with E-state index in [-0.39, 0.29) is 0 Å². The lowest BCUT2D eigenvalue weighted by Gasteiger charge is -1.89. The summed E-state index contributed by atoms with van der Waals surface area (Å²) in [6.45, 7) is 13.4. The lowest BCUT2D eigenvalue weighted by molar-refractivity contribution is -0.154. The summed E-state index contributed by atoms with van der Waals surface area (Å²) < 4.78 is 4.00. The fourth-order valence-corrected chi connectivity index (χ4v) is 0.183. The lowest BCUT2D eigenvalue weighted by Crippen LogP contribution is -2.04. The van der Waals surface area contributed by atoms with E-state index in [2.05, 4.69) is 31.1 Å². The van der Waals surface area contributed by atoms with Crippen LogP contribution in [0.3, 0.4) is 0 Å². The monoisotopic (exact) mass is 195 g/mol. The van der Waals surface area contributed by atoms with Crippen LogP contribution in [0.15, 0.2) is 38.5 Å². The van der Waals surface area contributed by atoms with Crippen LogP contribution in [0.5, 0.6) is 0 Å². The van der Waals surface area contributed by atoms with Crippen LogP contribution in [0.2, 0.25) is 0 Å². The van der Waals surface area contributed by atoms with E-state index in [4.69, 9.17) is 5.26 Å². The van der Waals surface area contributed by atoms with E-state index in [1.54, 1.807) is 6.07 Å². The Bertz CT molecular complexity index is 238. The predicted octanol–water partition coefficient (Wildman–Crippen LogP) is 1.76. The standard InChI is InChI=1S/C5H6O3.C3H3N.C2H4/c1-3-5(7)8-4(2)6;1-2-3-4;1-2/h3H,1H2,2H3;2H,1H2;1-2H2. The molecule has 0 aromatic carbocycles. The zero-order valence-corrected chi connectivity index (χ0v) is 8.16. The number of rotatable bonds is 1. The molecule has 0 radical (unpaired) electrons. The van der Waals surface area contributed by atoms with Crippen LogP contribution < -0.4 is 0 Å². The minimum absolute atomic E-state index is 0.616. The number of carbonyl (C=O) groups excluding carboxylic acids is 2. The molecule has 0 unspecified atom stereocenters. The Morgan fingerprint density at radius 2 is 1.71 bits per heavy atom. The minimum Gasteiger partial charge on any atom is -0.390 e. The van der Waals surface area contributed by atoms with Gasteiger partial charge in [-0.3, -0.25) is 4.79 Å². The minimum atomic E-state index is -0.711. The molecule has 0 N–H and O–H groups in total. The van der Waals surface area contributed by atoms with E-state index in [0.717, 1.165) is 13.0 Å². The van der Waals surface area contributed by atoms with Gasteiger partial charge in [-0.05, 0) is 0 Å². The SMILES string of the molecule is C=C.C=CC#N.C=CC(=O)OC(C)=O. The maximum Gasteiger partial charge on any atom is 0.337 e. The fraction of sp³-hybridized carbons (Fsp3) is 0.100. The van der Waals surface area contributed by atoms with Crippen molar-refractivity contribution in [3.63, 3.8) is 0 Å². The van der Waals surface area contributed by atoms with Crippen molar-refractivity contribution < 1.29 is 14.3 Å². The largest absolute Gasteiger partial charge is 0.390 e. The molecule has 0 aliphatic rings. The molecule has 4 nitrogen and oxygen atoms in total. The second kappa shape index (κ2) is 17.1. The molecule has 0 atom stereocenters. The fourth-order valence-electron chi connectivity index (χ4n) is 0.183. The number of esters is 2. The third-order valence-electron chi connectivity index (χ3n) is 0.502. The van der Waals surface area contributed by atoms with Crippen LogP contribution in [0.1, 0.15) is 6.92 Å². The van der Waals surface area contributed by atoms with Gasteiger partial charge in [0.25, 0.3) is 0 Å². The van der Waals surface area contributed by atoms with Gasteiger partial charge >= 0.3 is 11.9 Å². The maximum atomic E-state index is 10.1. The summed E-state index contributed by atoms with van der Waals surface area (Å²) in [5.41, 5.74) is 0. The molecule has 0 aliphatic carbocycles. The first-order valence-electron chi connectivity index (χ1n) is 3.43. The summed E-state index contributed by atoms with van der Waals surface area (Å²) in [6.07, 6.45) is 2.11. The number of carbonyl (C=O) groups is 2. The maximum absolute atomic E-state index is 10.1. The van der Waals surface area contributed by atoms with E-state index in [1.807, 2.05) is 0 Å². The molecule has 0 aliphatic heterocycles. The highest BCUT2D eigenvalue weighted by molar-refractivity contribution is 5.90. The summed E-state index contributed by atoms with van der Waals surface area (Å²) in [7, 11) is 0. The molecule has 14 heavy (non-hydrogen) atoms. The Hall–Kier alpha value is -2.15. The van der Waals surface area contributed by atoms with Crippen molar-refractivity contribution >= 4 is 11.9 Å². The van der Waals surface area contributed by atoms with Gasteiger partial charge in [0.05, 0.1) is 6.07 Å². The van der Waals surface area contributed by atoms with Crippen molar-refractivity contribution in [1.82, 2.24) is 0 Å². The Balaban J connectivity index is -0.000000170. The molecule has 0 rings (SSSR count). The number of hydrogen-bond acceptors (Lipinski definition) is 4. The molecule has 76 valence electrons. The molecule has 0 fully saturated rings. The summed E-state index contributed by atoms with van der Waals surface area (Å²) in [5, 5.41) is 7.51. The van der Waals surface area contributed by atoms with E-state index in [1.165, 1.54) is 6.08 Å². The summed E-state index contributed by atoms with van der Waals surface area (Å²) in [6, 6.07) is 1.69. The molecule has 0 spiro atoms. The zero-order valence-electron chi connectivity index (χ0n) is 8.16. The smallest absolute Gasteiger partial charge is 0.337 e. The van der Waals surface area contributed by atoms with E-state index >= 15 is 0 Å². The van der Waals surface area contributed by atoms with Crippen LogP contribution in [0.25, 0.3) is 0 Å². The van der Waals surface area contributed by atoms with Crippen LogP contribution in [0.4, 0.5) is 0 Å². The molecule has 0 aromatic heterocycles. The van der Waals surface area contributed by atoms with Crippen molar-refractivity contribution in [2.45, 2.75) is 6.92 Å². The molecule has 0 bridgehead atoms. The van der Waals surface area contributed by atoms with Crippen molar-refractivity contribution in [2.24, 2.45) is 0 Å². The highest BCUT2D eigenvalue weighted by Gasteiger charge is 1.96. The molecule has 0 saturated carbocycles. The first-order chi connectivity index (χ1) is 6.58. The molecule has 0 amide bonds. The average Bonchev–Trinajstić information content (AvgIpc) is 2.20. The number of nitrogens with zero attached hydrogens (tertiary/aromatic N) is 1. The quantitative estimate of drug-likeness (QED) is 0.210. The summed E-state index contributed by atoms with van der Waals surface area (Å²) in [5.74, 6) is -1.33. The Labute approximate surface area is 83.8 Å². The summed E-state index contributed by atoms with van der Waals surface area (Å²) in [4.78, 5) is 20.0. The van der Waals surface area contributed by atoms with Gasteiger partial charge < -0.3 is 4.74 Å². The normalized spacial score (nSPS) is 5.71. The molecule has 0 saturated heterocycles. The molecule has 0 aromatic rings. The van der Waals surface area contributed by atoms with Crippen LogP contribution in [-0.4, -0.2) is 11.9 Å². The van der Waals surface area contributed by atoms with E-state index in [9.17, 15) is 9.59 Å². The van der Waals surface area contributed by atoms with Crippen molar-refractivity contribution in [3.05, 3.63) is 38.5 Å². The van der Waals surface area contributed by atoms with E-state index in [0.29, 0.717) is 0 Å². The lowest BCUT2D eigenvalue weighted by atomic mass is 10.6. The molecule has 0 heterocycles. The van der Waals surface area contributed by atoms with Crippen molar-refractivity contribution in [1.29, 1.82) is 5.26 Å². The van der Waals surface area contributed by atoms with Gasteiger partial charge in [0, 0.05) is 19.1 Å². The van der Waals surface area contributed by atoms with Gasteiger partial charge in [0.15, 0.2) is 0 Å². The Morgan fingerprint density at radius 1 is 1.36 bits per heavy atom. The van der Waals surface area contributed by atoms with Crippen LogP contribution in [-0.2, 0) is 14.3 Å². The van der Waals surface area contributed by atoms with Gasteiger partial charge in [-0.2, -0.15) is 5.26 Å². The second-order valence-corrected chi connectivity index (χ2v) is 1.45. The third-order valence-corrected chi connectivity index (χ3v) is 0.502. The Morgan fingerprint density at radius 3 is 1.79 bits per heavy atom. The van der Waals surface area contributed by atoms with Crippen LogP contribution in [0, 0.1) is 11.3 Å². The number of allylic oxidation sites excluding steroid dienone is 1. The number of ether oxygens (including phenoxy) is 1. The molecule has 4 heteroatoms. The predicted molar refractivity (Wildman–Crippen MR) is 54.0 cm³/mol. The number of nitriles is 1. The van der Waals surface area contributed by atoms with Gasteiger partial charge in [-0.15, -0.1) is 13.2 Å². The zero-order chi connectivity index (χ0) is 12.0. The van der Waals surface area contributed by atoms with Crippen molar-refractivity contribution in [3.8, 4) is 6.07 Å². The summed E-state index contributed by atoms with van der Waals surface area (Å²) >= 11 is 0. The van der Waals surface area contributed by atoms with Gasteiger partial charge in [-0.25, -0.2) is 4.79 Å². The first kappa shape index (κ1) is 17.8. The van der Waals surface area contributed by atoms with Gasteiger partial charge in [0.1, 0.15) is 0 Å². The second-order valence-electron chi connectivity index (χ2n) is 1.45. The van der Waals surface area contributed by atoms with Crippen molar-refractivity contribution in [2.75, 3.05) is 0 Å². The average molecular weight is 195 g/mol. The van der Waals surface area contributed by atoms with Crippen LogP contribution >= 0.6 is 0 Å². The first-order valence-corrected chi connectivity index (χ1v) is 3.43. The van der Waals surface area contributed by atoms with Gasteiger partial charge in [-0.1, -0.05) is 13.2 Å². The van der Waals surface area contributed by atoms with E-state index < -0.39 is 11.9 Å².